The Kier molecular flexibility index (Phi) is 45.0. The fraction of sp³-hybridized carbons (Fsp3) is 0. The van der Waals surface area contributed by atoms with Crippen LogP contribution in [0.25, 0.3) is 0 Å². The fourth-order valence-electron chi connectivity index (χ4n) is 0. The van der Waals surface area contributed by atoms with E-state index in [4.69, 9.17) is 14.7 Å². The van der Waals surface area contributed by atoms with Crippen molar-refractivity contribution in [2.45, 2.75) is 0 Å². The second kappa shape index (κ2) is 15.7. The summed E-state index contributed by atoms with van der Waals surface area (Å²) in [6.07, 6.45) is 0.583. The predicted molar refractivity (Wildman–Crippen MR) is 12.6 cm³/mol. The van der Waals surface area contributed by atoms with Gasteiger partial charge in [0.05, 0.1) is 0 Å². The molecule has 0 saturated heterocycles. The molecule has 0 amide bonds. The van der Waals surface area contributed by atoms with E-state index in [2.05, 4.69) is 0 Å². The van der Waals surface area contributed by atoms with Crippen LogP contribution in [-0.4, -0.2) is 17.7 Å². The van der Waals surface area contributed by atoms with Crippen molar-refractivity contribution in [1.29, 1.82) is 0 Å². The summed E-state index contributed by atoms with van der Waals surface area (Å²) >= 11 is 0. The molecule has 0 spiro atoms. The Bertz CT molecular complexity index is 63.1. The maximum atomic E-state index is 8.83. The number of carbonyl (C=O) groups is 1. The molecule has 0 aromatic rings. The first-order chi connectivity index (χ1) is 2.27. The molecule has 0 heterocycles. The number of hydrogen-bond donors (Lipinski definition) is 0. The van der Waals surface area contributed by atoms with Crippen LogP contribution in [0.1, 0.15) is 0 Å². The van der Waals surface area contributed by atoms with Gasteiger partial charge in [-0.1, -0.05) is 5.97 Å². The first kappa shape index (κ1) is 23.0. The van der Waals surface area contributed by atoms with Crippen LogP contribution in [0.15, 0.2) is 0 Å². The fourth-order valence-corrected chi connectivity index (χ4v) is 0. The molecule has 0 saturated carbocycles. The summed E-state index contributed by atoms with van der Waals surface area (Å²) in [5, 5.41) is 8.83. The van der Waals surface area contributed by atoms with E-state index in [1.54, 1.807) is 0 Å². The van der Waals surface area contributed by atoms with Crippen molar-refractivity contribution in [2.24, 2.45) is 0 Å². The zero-order valence-electron chi connectivity index (χ0n) is 4.67. The number of carboxylic acid groups (broad SMARTS) is 1. The van der Waals surface area contributed by atoms with Crippen LogP contribution in [0.4, 0.5) is 0 Å². The Labute approximate surface area is 90.5 Å². The number of carbonyl (C=O) groups excluding carboxylic acids is 2. The van der Waals surface area contributed by atoms with E-state index < -0.39 is 5.97 Å². The van der Waals surface area contributed by atoms with Crippen molar-refractivity contribution in [3.8, 4) is 0 Å². The van der Waals surface area contributed by atoms with Crippen molar-refractivity contribution in [2.75, 3.05) is 0 Å². The van der Waals surface area contributed by atoms with Crippen molar-refractivity contribution in [3.05, 3.63) is 0 Å². The molecule has 4 nitrogen and oxygen atoms in total. The Morgan fingerprint density at radius 1 is 1.38 bits per heavy atom. The molecule has 0 atom stereocenters. The van der Waals surface area contributed by atoms with Gasteiger partial charge < -0.3 is 20.2 Å². The minimum Gasteiger partial charge on any atom is -0.870 e. The molecule has 0 aromatic heterocycles. The Morgan fingerprint density at radius 3 is 1.50 bits per heavy atom. The molecule has 0 rings (SSSR count). The molecule has 36 valence electrons. The largest absolute Gasteiger partial charge is 1.00 e. The van der Waals surface area contributed by atoms with Gasteiger partial charge in [-0.15, -0.1) is 0 Å². The first-order valence-corrected chi connectivity index (χ1v) is 0.862. The van der Waals surface area contributed by atoms with Gasteiger partial charge in [0, 0.05) is 0 Å². The van der Waals surface area contributed by atoms with Crippen LogP contribution in [-0.2, 0) is 9.59 Å². The molecule has 0 bridgehead atoms. The van der Waals surface area contributed by atoms with Gasteiger partial charge in [-0.05, 0) is 0 Å². The number of carboxylic acids is 1. The van der Waals surface area contributed by atoms with Crippen LogP contribution in [0.3, 0.4) is 0 Å². The van der Waals surface area contributed by atoms with Gasteiger partial charge in [0.25, 0.3) is 0 Å². The van der Waals surface area contributed by atoms with Gasteiger partial charge in [0.1, 0.15) is 0 Å². The Balaban J connectivity index is -0.0000000267. The van der Waals surface area contributed by atoms with Gasteiger partial charge in [-0.2, -0.15) is 0 Å². The quantitative estimate of drug-likeness (QED) is 0.203. The monoisotopic (exact) mass is 135 g/mol. The maximum absolute atomic E-state index is 8.83. The number of rotatable bonds is 1. The van der Waals surface area contributed by atoms with E-state index in [1.165, 1.54) is 0 Å². The number of aliphatic carboxylic acids is 1. The third-order valence-electron chi connectivity index (χ3n) is 0.0833. The zero-order chi connectivity index (χ0) is 4.28. The zero-order valence-corrected chi connectivity index (χ0v) is 8.67. The summed E-state index contributed by atoms with van der Waals surface area (Å²) < 4.78 is 0. The third kappa shape index (κ3) is 27.5. The molecule has 0 unspecified atom stereocenters. The molecule has 1 N–H and O–H groups in total. The number of hydrogen-bond acceptors (Lipinski definition) is 4. The van der Waals surface area contributed by atoms with Gasteiger partial charge >= 0.3 is 59.1 Å². The SMILES string of the molecule is O=[C-]C(=O)[O-].[Na+].[Na+].[OH-]. The van der Waals surface area contributed by atoms with Crippen LogP contribution in [0.2, 0.25) is 0 Å². The van der Waals surface area contributed by atoms with E-state index in [1.807, 2.05) is 0 Å². The van der Waals surface area contributed by atoms with Gasteiger partial charge in [0.2, 0.25) is 0 Å². The third-order valence-corrected chi connectivity index (χ3v) is 0.0833. The molecular formula is C2HNa2O4-. The van der Waals surface area contributed by atoms with E-state index in [-0.39, 0.29) is 64.6 Å². The topological polar surface area (TPSA) is 87.2 Å². The smallest absolute Gasteiger partial charge is 0.870 e. The summed E-state index contributed by atoms with van der Waals surface area (Å²) in [6, 6.07) is 0. The molecular weight excluding hydrogens is 134 g/mol. The van der Waals surface area contributed by atoms with Crippen molar-refractivity contribution in [3.63, 3.8) is 0 Å². The molecule has 8 heavy (non-hydrogen) atoms. The summed E-state index contributed by atoms with van der Waals surface area (Å²) in [5.74, 6) is -1.80. The van der Waals surface area contributed by atoms with E-state index in [0.717, 1.165) is 0 Å². The molecule has 0 aliphatic heterocycles. The predicted octanol–water partition coefficient (Wildman–Crippen LogP) is -8.32. The van der Waals surface area contributed by atoms with Crippen LogP contribution in [0, 0.1) is 0 Å². The summed E-state index contributed by atoms with van der Waals surface area (Å²) in [7, 11) is 0. The van der Waals surface area contributed by atoms with Gasteiger partial charge in [0.15, 0.2) is 0 Å². The van der Waals surface area contributed by atoms with Crippen molar-refractivity contribution >= 4 is 12.3 Å². The molecule has 6 heteroatoms. The molecule has 0 aromatic carbocycles. The minimum absolute atomic E-state index is 0. The van der Waals surface area contributed by atoms with Gasteiger partial charge in [-0.25, -0.2) is 6.29 Å². The van der Waals surface area contributed by atoms with Crippen LogP contribution in [0.5, 0.6) is 0 Å². The van der Waals surface area contributed by atoms with E-state index in [0.29, 0.717) is 6.29 Å². The maximum Gasteiger partial charge on any atom is 1.00 e. The van der Waals surface area contributed by atoms with Gasteiger partial charge in [-0.3, -0.25) is 0 Å². The Hall–Kier alpha value is 1.10. The van der Waals surface area contributed by atoms with E-state index in [9.17, 15) is 0 Å². The summed E-state index contributed by atoms with van der Waals surface area (Å²) in [6.45, 7) is 0. The average Bonchev–Trinajstić information content (AvgIpc) is 1.38. The van der Waals surface area contributed by atoms with E-state index >= 15 is 0 Å². The minimum atomic E-state index is -1.80. The van der Waals surface area contributed by atoms with Crippen LogP contribution < -0.4 is 64.2 Å². The van der Waals surface area contributed by atoms with Crippen molar-refractivity contribution < 1.29 is 79.3 Å². The standard InChI is InChI=1S/C2HO3.2Na.H2O/c3-1-2(4)5;;;/h(H,4,5);;;1H2/q-1;2*+1;/p-2. The Morgan fingerprint density at radius 2 is 1.50 bits per heavy atom. The second-order valence-corrected chi connectivity index (χ2v) is 0.390. The van der Waals surface area contributed by atoms with Crippen molar-refractivity contribution in [1.82, 2.24) is 0 Å². The molecule has 0 radical (unpaired) electrons. The summed E-state index contributed by atoms with van der Waals surface area (Å²) in [5.41, 5.74) is 0. The summed E-state index contributed by atoms with van der Waals surface area (Å²) in [4.78, 5) is 17.6. The normalized spacial score (nSPS) is 4.00. The second-order valence-electron chi connectivity index (χ2n) is 0.390. The molecule has 0 fully saturated rings. The molecule has 0 aliphatic rings. The molecule has 0 aliphatic carbocycles. The van der Waals surface area contributed by atoms with Crippen LogP contribution >= 0.6 is 0 Å². The first-order valence-electron chi connectivity index (χ1n) is 0.862. The average molecular weight is 135 g/mol.